The van der Waals surface area contributed by atoms with Crippen LogP contribution in [0.25, 0.3) is 0 Å². The number of amides is 3. The van der Waals surface area contributed by atoms with Crippen molar-refractivity contribution in [2.75, 3.05) is 18.5 Å². The van der Waals surface area contributed by atoms with E-state index in [9.17, 15) is 19.5 Å². The Morgan fingerprint density at radius 3 is 2.39 bits per heavy atom. The molecule has 3 aliphatic heterocycles. The standard InChI is InChI=1S/C30H37N3O4S/c1-3-4-11-18-31-27(36)25-30-17-16-29(2,38-30)23(26(35)32-21-14-9-6-10-15-21)24(30)28(37)33(25)22(19-34)20-12-7-5-8-13-20/h5-10,12-15,22-25,34H,3-4,11,16-19H2,1-2H3,(H,31,36)(H,32,35)/t22-,23-,24+,25?,29+,30?/m1/s1. The van der Waals surface area contributed by atoms with Gasteiger partial charge in [0.2, 0.25) is 17.7 Å². The molecule has 8 heteroatoms. The molecule has 0 aromatic heterocycles. The Bertz CT molecular complexity index is 1180. The second-order valence-corrected chi connectivity index (χ2v) is 12.8. The summed E-state index contributed by atoms with van der Waals surface area (Å²) in [6.45, 7) is 4.42. The van der Waals surface area contributed by atoms with Gasteiger partial charge >= 0.3 is 0 Å². The number of unbranched alkanes of at least 4 members (excludes halogenated alkanes) is 2. The number of para-hydroxylation sites is 1. The summed E-state index contributed by atoms with van der Waals surface area (Å²) in [5.41, 5.74) is 1.47. The number of anilines is 1. The van der Waals surface area contributed by atoms with E-state index >= 15 is 0 Å². The number of carbonyl (C=O) groups excluding carboxylic acids is 3. The van der Waals surface area contributed by atoms with Crippen LogP contribution < -0.4 is 10.6 Å². The molecule has 0 aliphatic carbocycles. The number of rotatable bonds is 10. The van der Waals surface area contributed by atoms with Gasteiger partial charge in [0.05, 0.1) is 29.2 Å². The number of aliphatic hydroxyl groups excluding tert-OH is 1. The molecule has 202 valence electrons. The van der Waals surface area contributed by atoms with Crippen molar-refractivity contribution in [1.29, 1.82) is 0 Å². The first-order valence-corrected chi connectivity index (χ1v) is 14.5. The average molecular weight is 536 g/mol. The van der Waals surface area contributed by atoms with Gasteiger partial charge in [0, 0.05) is 17.0 Å². The Hall–Kier alpha value is -2.84. The maximum absolute atomic E-state index is 14.4. The van der Waals surface area contributed by atoms with Gasteiger partial charge in [-0.15, -0.1) is 11.8 Å². The monoisotopic (exact) mass is 535 g/mol. The molecule has 0 radical (unpaired) electrons. The zero-order valence-corrected chi connectivity index (χ0v) is 22.9. The lowest BCUT2D eigenvalue weighted by molar-refractivity contribution is -0.142. The van der Waals surface area contributed by atoms with Crippen molar-refractivity contribution in [1.82, 2.24) is 10.2 Å². The molecule has 3 saturated heterocycles. The molecule has 2 unspecified atom stereocenters. The molecule has 3 fully saturated rings. The van der Waals surface area contributed by atoms with Gasteiger partial charge in [-0.3, -0.25) is 14.4 Å². The maximum atomic E-state index is 14.4. The van der Waals surface area contributed by atoms with Crippen LogP contribution >= 0.6 is 11.8 Å². The highest BCUT2D eigenvalue weighted by molar-refractivity contribution is 8.02. The lowest BCUT2D eigenvalue weighted by atomic mass is 9.66. The second kappa shape index (κ2) is 10.7. The molecule has 3 amide bonds. The lowest BCUT2D eigenvalue weighted by Gasteiger charge is -2.37. The summed E-state index contributed by atoms with van der Waals surface area (Å²) in [5.74, 6) is -1.81. The minimum absolute atomic E-state index is 0.185. The number of hydrogen-bond acceptors (Lipinski definition) is 5. The minimum Gasteiger partial charge on any atom is -0.394 e. The molecule has 3 aliphatic rings. The predicted octanol–water partition coefficient (Wildman–Crippen LogP) is 4.15. The van der Waals surface area contributed by atoms with Gasteiger partial charge in [-0.1, -0.05) is 68.3 Å². The van der Waals surface area contributed by atoms with Gasteiger partial charge in [0.25, 0.3) is 0 Å². The van der Waals surface area contributed by atoms with Crippen molar-refractivity contribution in [3.8, 4) is 0 Å². The van der Waals surface area contributed by atoms with E-state index in [0.717, 1.165) is 31.2 Å². The zero-order chi connectivity index (χ0) is 26.9. The van der Waals surface area contributed by atoms with Crippen LogP contribution in [0, 0.1) is 11.8 Å². The third-order valence-corrected chi connectivity index (χ3v) is 10.5. The minimum atomic E-state index is -0.764. The van der Waals surface area contributed by atoms with Crippen LogP contribution in [0.3, 0.4) is 0 Å². The number of benzene rings is 2. The molecule has 3 heterocycles. The van der Waals surface area contributed by atoms with Crippen molar-refractivity contribution in [3.05, 3.63) is 66.2 Å². The number of nitrogens with one attached hydrogen (secondary N) is 2. The first-order valence-electron chi connectivity index (χ1n) is 13.7. The summed E-state index contributed by atoms with van der Waals surface area (Å²) in [7, 11) is 0. The topological polar surface area (TPSA) is 98.7 Å². The third kappa shape index (κ3) is 4.41. The Labute approximate surface area is 228 Å². The summed E-state index contributed by atoms with van der Waals surface area (Å²) in [5, 5.41) is 16.7. The van der Waals surface area contributed by atoms with Crippen molar-refractivity contribution in [2.24, 2.45) is 11.8 Å². The van der Waals surface area contributed by atoms with E-state index in [1.165, 1.54) is 0 Å². The average Bonchev–Trinajstić information content (AvgIpc) is 3.49. The second-order valence-electron chi connectivity index (χ2n) is 10.9. The summed E-state index contributed by atoms with van der Waals surface area (Å²) in [6, 6.07) is 17.2. The summed E-state index contributed by atoms with van der Waals surface area (Å²) in [6.07, 6.45) is 4.35. The van der Waals surface area contributed by atoms with E-state index in [1.54, 1.807) is 16.7 Å². The van der Waals surface area contributed by atoms with Gasteiger partial charge in [-0.25, -0.2) is 0 Å². The molecule has 1 spiro atoms. The Kier molecular flexibility index (Phi) is 7.56. The van der Waals surface area contributed by atoms with E-state index in [-0.39, 0.29) is 24.3 Å². The van der Waals surface area contributed by atoms with Gasteiger partial charge < -0.3 is 20.6 Å². The number of likely N-dealkylation sites (tertiary alicyclic amines) is 1. The first-order chi connectivity index (χ1) is 18.4. The Morgan fingerprint density at radius 2 is 1.74 bits per heavy atom. The molecule has 5 rings (SSSR count). The fourth-order valence-electron chi connectivity index (χ4n) is 6.85. The van der Waals surface area contributed by atoms with Gasteiger partial charge in [0.15, 0.2) is 0 Å². The van der Waals surface area contributed by atoms with Crippen molar-refractivity contribution >= 4 is 35.2 Å². The van der Waals surface area contributed by atoms with Gasteiger partial charge in [0.1, 0.15) is 6.04 Å². The van der Waals surface area contributed by atoms with Crippen LogP contribution in [-0.2, 0) is 14.4 Å². The third-order valence-electron chi connectivity index (χ3n) is 8.56. The van der Waals surface area contributed by atoms with Crippen molar-refractivity contribution in [2.45, 2.75) is 67.5 Å². The molecule has 2 bridgehead atoms. The van der Waals surface area contributed by atoms with Crippen molar-refractivity contribution in [3.63, 3.8) is 0 Å². The highest BCUT2D eigenvalue weighted by Gasteiger charge is 2.77. The van der Waals surface area contributed by atoms with Gasteiger partial charge in [-0.2, -0.15) is 0 Å². The van der Waals surface area contributed by atoms with Crippen LogP contribution in [-0.4, -0.2) is 56.4 Å². The van der Waals surface area contributed by atoms with Crippen LogP contribution in [0.5, 0.6) is 0 Å². The molecule has 7 nitrogen and oxygen atoms in total. The maximum Gasteiger partial charge on any atom is 0.244 e. The van der Waals surface area contributed by atoms with Gasteiger partial charge in [-0.05, 0) is 43.9 Å². The summed E-state index contributed by atoms with van der Waals surface area (Å²) >= 11 is 1.64. The molecular weight excluding hydrogens is 498 g/mol. The molecule has 6 atom stereocenters. The van der Waals surface area contributed by atoms with Crippen LogP contribution in [0.2, 0.25) is 0 Å². The summed E-state index contributed by atoms with van der Waals surface area (Å²) < 4.78 is -1.17. The van der Waals surface area contributed by atoms with Crippen LogP contribution in [0.15, 0.2) is 60.7 Å². The molecular formula is C30H37N3O4S. The fraction of sp³-hybridized carbons (Fsp3) is 0.500. The highest BCUT2D eigenvalue weighted by atomic mass is 32.2. The molecule has 3 N–H and O–H groups in total. The van der Waals surface area contributed by atoms with Crippen LogP contribution in [0.1, 0.15) is 57.6 Å². The van der Waals surface area contributed by atoms with E-state index < -0.39 is 33.4 Å². The first kappa shape index (κ1) is 26.8. The molecule has 2 aromatic rings. The fourth-order valence-corrected chi connectivity index (χ4v) is 9.20. The van der Waals surface area contributed by atoms with E-state index in [0.29, 0.717) is 18.7 Å². The predicted molar refractivity (Wildman–Crippen MR) is 149 cm³/mol. The number of nitrogens with zero attached hydrogens (tertiary/aromatic N) is 1. The normalized spacial score (nSPS) is 30.2. The molecule has 38 heavy (non-hydrogen) atoms. The Morgan fingerprint density at radius 1 is 1.05 bits per heavy atom. The Balaban J connectivity index is 1.53. The van der Waals surface area contributed by atoms with Crippen LogP contribution in [0.4, 0.5) is 5.69 Å². The zero-order valence-electron chi connectivity index (χ0n) is 22.1. The number of fused-ring (bicyclic) bond motifs is 1. The largest absolute Gasteiger partial charge is 0.394 e. The van der Waals surface area contributed by atoms with Crippen molar-refractivity contribution < 1.29 is 19.5 Å². The number of aliphatic hydroxyl groups is 1. The quantitative estimate of drug-likeness (QED) is 0.397. The van der Waals surface area contributed by atoms with E-state index in [2.05, 4.69) is 24.5 Å². The SMILES string of the molecule is CCCCCNC(=O)C1N([C@H](CO)c2ccccc2)C(=O)[C@@H]2[C@H](C(=O)Nc3ccccc3)[C@]3(C)CCC12S3. The molecule has 0 saturated carbocycles. The molecule has 2 aromatic carbocycles. The lowest BCUT2D eigenvalue weighted by Crippen LogP contribution is -2.54. The number of thioether (sulfide) groups is 1. The summed E-state index contributed by atoms with van der Waals surface area (Å²) in [4.78, 5) is 43.7. The number of hydrogen-bond donors (Lipinski definition) is 3. The highest BCUT2D eigenvalue weighted by Crippen LogP contribution is 2.72. The number of carbonyl (C=O) groups is 3. The van der Waals surface area contributed by atoms with E-state index in [4.69, 9.17) is 0 Å². The van der Waals surface area contributed by atoms with E-state index in [1.807, 2.05) is 60.7 Å². The smallest absolute Gasteiger partial charge is 0.244 e.